The summed E-state index contributed by atoms with van der Waals surface area (Å²) < 4.78 is 1.87. The zero-order valence-electron chi connectivity index (χ0n) is 14.1. The molecule has 1 saturated heterocycles. The van der Waals surface area contributed by atoms with Gasteiger partial charge in [0.25, 0.3) is 0 Å². The first-order valence-electron chi connectivity index (χ1n) is 8.07. The largest absolute Gasteiger partial charge is 0.345 e. The number of hydrogen-bond donors (Lipinski definition) is 0. The monoisotopic (exact) mass is 326 g/mol. The minimum absolute atomic E-state index is 0.0171. The Balaban J connectivity index is 1.58. The van der Waals surface area contributed by atoms with E-state index in [1.54, 1.807) is 30.1 Å². The first kappa shape index (κ1) is 16.2. The molecule has 1 aromatic carbocycles. The second kappa shape index (κ2) is 6.86. The van der Waals surface area contributed by atoms with Gasteiger partial charge in [0.05, 0.1) is 18.7 Å². The van der Waals surface area contributed by atoms with Crippen molar-refractivity contribution in [2.45, 2.75) is 19.5 Å². The Morgan fingerprint density at radius 1 is 1.29 bits per heavy atom. The minimum Gasteiger partial charge on any atom is -0.345 e. The molecule has 2 heterocycles. The molecule has 24 heavy (non-hydrogen) atoms. The lowest BCUT2D eigenvalue weighted by Gasteiger charge is -2.20. The van der Waals surface area contributed by atoms with E-state index in [-0.39, 0.29) is 17.7 Å². The summed E-state index contributed by atoms with van der Waals surface area (Å²) in [6.07, 6.45) is 4.06. The summed E-state index contributed by atoms with van der Waals surface area (Å²) in [6, 6.07) is 10.1. The zero-order valence-corrected chi connectivity index (χ0v) is 14.1. The molecular weight excluding hydrogens is 304 g/mol. The highest BCUT2D eigenvalue weighted by Gasteiger charge is 2.33. The fourth-order valence-corrected chi connectivity index (χ4v) is 3.04. The summed E-state index contributed by atoms with van der Waals surface area (Å²) in [6.45, 7) is 1.72. The van der Waals surface area contributed by atoms with Crippen molar-refractivity contribution in [1.29, 1.82) is 0 Å². The summed E-state index contributed by atoms with van der Waals surface area (Å²) >= 11 is 0. The number of carbonyl (C=O) groups is 2. The summed E-state index contributed by atoms with van der Waals surface area (Å²) in [5, 5.41) is 4.36. The third-order valence-corrected chi connectivity index (χ3v) is 4.36. The van der Waals surface area contributed by atoms with Gasteiger partial charge < -0.3 is 9.80 Å². The van der Waals surface area contributed by atoms with Crippen LogP contribution < -0.4 is 0 Å². The maximum Gasteiger partial charge on any atom is 0.228 e. The SMILES string of the molecule is CN1C[C@H](C(=O)N(C)Cc2cnn(Cc3ccccc3)c2)CC1=O. The van der Waals surface area contributed by atoms with Crippen LogP contribution in [0.15, 0.2) is 42.7 Å². The van der Waals surface area contributed by atoms with Gasteiger partial charge >= 0.3 is 0 Å². The Labute approximate surface area is 141 Å². The molecule has 1 aromatic heterocycles. The Morgan fingerprint density at radius 2 is 2.04 bits per heavy atom. The molecule has 2 amide bonds. The number of carbonyl (C=O) groups excluding carboxylic acids is 2. The smallest absolute Gasteiger partial charge is 0.228 e. The Morgan fingerprint density at radius 3 is 2.71 bits per heavy atom. The van der Waals surface area contributed by atoms with Crippen LogP contribution in [0.1, 0.15) is 17.5 Å². The van der Waals surface area contributed by atoms with E-state index in [9.17, 15) is 9.59 Å². The third kappa shape index (κ3) is 3.64. The standard InChI is InChI=1S/C18H22N4O2/c1-20-13-16(8-17(20)23)18(24)21(2)10-15-9-19-22(12-15)11-14-6-4-3-5-7-14/h3-7,9,12,16H,8,10-11,13H2,1-2H3/t16-/m1/s1. The van der Waals surface area contributed by atoms with Crippen molar-refractivity contribution in [1.82, 2.24) is 19.6 Å². The maximum absolute atomic E-state index is 12.5. The molecule has 1 fully saturated rings. The van der Waals surface area contributed by atoms with E-state index in [1.807, 2.05) is 29.1 Å². The van der Waals surface area contributed by atoms with Crippen molar-refractivity contribution in [3.63, 3.8) is 0 Å². The number of rotatable bonds is 5. The van der Waals surface area contributed by atoms with Crippen molar-refractivity contribution in [3.8, 4) is 0 Å². The topological polar surface area (TPSA) is 58.4 Å². The minimum atomic E-state index is -0.230. The molecular formula is C18H22N4O2. The van der Waals surface area contributed by atoms with Crippen molar-refractivity contribution in [2.24, 2.45) is 5.92 Å². The van der Waals surface area contributed by atoms with Gasteiger partial charge in [-0.05, 0) is 5.56 Å². The molecule has 0 N–H and O–H groups in total. The molecule has 1 aliphatic rings. The van der Waals surface area contributed by atoms with Crippen LogP contribution in [0.4, 0.5) is 0 Å². The summed E-state index contributed by atoms with van der Waals surface area (Å²) in [5.74, 6) is -0.173. The van der Waals surface area contributed by atoms with Crippen LogP contribution in [0, 0.1) is 5.92 Å². The molecule has 0 bridgehead atoms. The fraction of sp³-hybridized carbons (Fsp3) is 0.389. The van der Waals surface area contributed by atoms with Gasteiger partial charge in [0.1, 0.15) is 0 Å². The number of benzene rings is 1. The average Bonchev–Trinajstić information content (AvgIpc) is 3.14. The molecule has 1 aliphatic heterocycles. The average molecular weight is 326 g/mol. The Kier molecular flexibility index (Phi) is 4.64. The van der Waals surface area contributed by atoms with Gasteiger partial charge in [-0.3, -0.25) is 14.3 Å². The molecule has 6 heteroatoms. The number of hydrogen-bond acceptors (Lipinski definition) is 3. The van der Waals surface area contributed by atoms with E-state index in [0.29, 0.717) is 26.1 Å². The van der Waals surface area contributed by atoms with E-state index < -0.39 is 0 Å². The maximum atomic E-state index is 12.5. The van der Waals surface area contributed by atoms with Gasteiger partial charge in [-0.1, -0.05) is 30.3 Å². The van der Waals surface area contributed by atoms with E-state index >= 15 is 0 Å². The molecule has 1 atom stereocenters. The Bertz CT molecular complexity index is 726. The van der Waals surface area contributed by atoms with Gasteiger partial charge in [0.2, 0.25) is 11.8 Å². The number of likely N-dealkylation sites (tertiary alicyclic amines) is 1. The van der Waals surface area contributed by atoms with Crippen LogP contribution in [0.3, 0.4) is 0 Å². The van der Waals surface area contributed by atoms with Crippen LogP contribution >= 0.6 is 0 Å². The number of nitrogens with zero attached hydrogens (tertiary/aromatic N) is 4. The second-order valence-electron chi connectivity index (χ2n) is 6.40. The van der Waals surface area contributed by atoms with Crippen LogP contribution in [-0.4, -0.2) is 52.0 Å². The van der Waals surface area contributed by atoms with Gasteiger partial charge in [0, 0.05) is 45.4 Å². The molecule has 3 rings (SSSR count). The lowest BCUT2D eigenvalue weighted by Crippen LogP contribution is -2.33. The predicted octanol–water partition coefficient (Wildman–Crippen LogP) is 1.37. The van der Waals surface area contributed by atoms with Crippen LogP contribution in [0.2, 0.25) is 0 Å². The van der Waals surface area contributed by atoms with Gasteiger partial charge in [0.15, 0.2) is 0 Å². The van der Waals surface area contributed by atoms with E-state index in [0.717, 1.165) is 5.56 Å². The van der Waals surface area contributed by atoms with Crippen molar-refractivity contribution >= 4 is 11.8 Å². The summed E-state index contributed by atoms with van der Waals surface area (Å²) in [7, 11) is 3.52. The first-order valence-corrected chi connectivity index (χ1v) is 8.07. The lowest BCUT2D eigenvalue weighted by atomic mass is 10.1. The van der Waals surface area contributed by atoms with E-state index in [1.165, 1.54) is 5.56 Å². The molecule has 0 radical (unpaired) electrons. The van der Waals surface area contributed by atoms with Gasteiger partial charge in [-0.2, -0.15) is 5.10 Å². The normalized spacial score (nSPS) is 17.3. The molecule has 0 aliphatic carbocycles. The first-order chi connectivity index (χ1) is 11.5. The molecule has 0 spiro atoms. The third-order valence-electron chi connectivity index (χ3n) is 4.36. The van der Waals surface area contributed by atoms with Crippen LogP contribution in [0.25, 0.3) is 0 Å². The highest BCUT2D eigenvalue weighted by Crippen LogP contribution is 2.19. The highest BCUT2D eigenvalue weighted by atomic mass is 16.2. The summed E-state index contributed by atoms with van der Waals surface area (Å²) in [4.78, 5) is 27.3. The van der Waals surface area contributed by atoms with Crippen LogP contribution in [0.5, 0.6) is 0 Å². The zero-order chi connectivity index (χ0) is 17.1. The lowest BCUT2D eigenvalue weighted by molar-refractivity contribution is -0.135. The second-order valence-corrected chi connectivity index (χ2v) is 6.40. The summed E-state index contributed by atoms with van der Waals surface area (Å²) in [5.41, 5.74) is 2.17. The molecule has 0 unspecified atom stereocenters. The van der Waals surface area contributed by atoms with Crippen molar-refractivity contribution < 1.29 is 9.59 Å². The van der Waals surface area contributed by atoms with Gasteiger partial charge in [-0.25, -0.2) is 0 Å². The quantitative estimate of drug-likeness (QED) is 0.834. The van der Waals surface area contributed by atoms with Crippen molar-refractivity contribution in [3.05, 3.63) is 53.9 Å². The van der Waals surface area contributed by atoms with Gasteiger partial charge in [-0.15, -0.1) is 0 Å². The predicted molar refractivity (Wildman–Crippen MR) is 90.0 cm³/mol. The molecule has 0 saturated carbocycles. The number of amides is 2. The fourth-order valence-electron chi connectivity index (χ4n) is 3.04. The Hall–Kier alpha value is -2.63. The molecule has 2 aromatic rings. The molecule has 6 nitrogen and oxygen atoms in total. The number of aromatic nitrogens is 2. The van der Waals surface area contributed by atoms with Crippen molar-refractivity contribution in [2.75, 3.05) is 20.6 Å². The van der Waals surface area contributed by atoms with Crippen LogP contribution in [-0.2, 0) is 22.7 Å². The molecule has 126 valence electrons. The highest BCUT2D eigenvalue weighted by molar-refractivity contribution is 5.89. The van der Waals surface area contributed by atoms with E-state index in [2.05, 4.69) is 17.2 Å². The van der Waals surface area contributed by atoms with E-state index in [4.69, 9.17) is 0 Å².